The van der Waals surface area contributed by atoms with Crippen LogP contribution in [-0.2, 0) is 4.79 Å². The lowest BCUT2D eigenvalue weighted by atomic mass is 10.3. The number of likely N-dealkylation sites (N-methyl/N-ethyl adjacent to an activating group) is 1. The van der Waals surface area contributed by atoms with E-state index in [1.54, 1.807) is 13.8 Å². The predicted molar refractivity (Wildman–Crippen MR) is 50.5 cm³/mol. The van der Waals surface area contributed by atoms with Crippen molar-refractivity contribution in [2.45, 2.75) is 13.8 Å². The second kappa shape index (κ2) is 4.59. The van der Waals surface area contributed by atoms with E-state index >= 15 is 0 Å². The zero-order valence-corrected chi connectivity index (χ0v) is 8.56. The monoisotopic (exact) mass is 212 g/mol. The van der Waals surface area contributed by atoms with Crippen LogP contribution in [0.3, 0.4) is 0 Å². The fourth-order valence-corrected chi connectivity index (χ4v) is 1.14. The van der Waals surface area contributed by atoms with Gasteiger partial charge < -0.3 is 14.4 Å². The minimum absolute atomic E-state index is 0.0955. The normalized spacial score (nSPS) is 10.0. The van der Waals surface area contributed by atoms with Gasteiger partial charge in [0.2, 0.25) is 5.76 Å². The smallest absolute Gasteiger partial charge is 0.323 e. The molecule has 0 spiro atoms. The van der Waals surface area contributed by atoms with Crippen LogP contribution in [0.4, 0.5) is 0 Å². The first-order valence-corrected chi connectivity index (χ1v) is 4.47. The zero-order valence-electron chi connectivity index (χ0n) is 8.56. The van der Waals surface area contributed by atoms with Crippen molar-refractivity contribution in [3.05, 3.63) is 17.8 Å². The first kappa shape index (κ1) is 11.2. The molecular weight excluding hydrogens is 200 g/mol. The highest BCUT2D eigenvalue weighted by atomic mass is 16.4. The summed E-state index contributed by atoms with van der Waals surface area (Å²) < 4.78 is 4.90. The fourth-order valence-electron chi connectivity index (χ4n) is 1.14. The summed E-state index contributed by atoms with van der Waals surface area (Å²) in [6.45, 7) is 3.30. The largest absolute Gasteiger partial charge is 0.480 e. The highest BCUT2D eigenvalue weighted by Crippen LogP contribution is 2.08. The number of amides is 1. The van der Waals surface area contributed by atoms with Crippen LogP contribution in [0, 0.1) is 6.92 Å². The molecule has 0 unspecified atom stereocenters. The molecule has 0 aliphatic carbocycles. The molecule has 1 rings (SSSR count). The van der Waals surface area contributed by atoms with Crippen molar-refractivity contribution in [3.63, 3.8) is 0 Å². The van der Waals surface area contributed by atoms with Gasteiger partial charge in [-0.05, 0) is 13.8 Å². The van der Waals surface area contributed by atoms with Crippen molar-refractivity contribution in [2.24, 2.45) is 0 Å². The molecule has 6 nitrogen and oxygen atoms in total. The second-order valence-corrected chi connectivity index (χ2v) is 2.98. The summed E-state index contributed by atoms with van der Waals surface area (Å²) in [5, 5.41) is 8.59. The molecule has 1 heterocycles. The number of aliphatic carboxylic acids is 1. The summed E-state index contributed by atoms with van der Waals surface area (Å²) in [5.41, 5.74) is 0.462. The van der Waals surface area contributed by atoms with Gasteiger partial charge in [-0.2, -0.15) is 0 Å². The fraction of sp³-hybridized carbons (Fsp3) is 0.444. The van der Waals surface area contributed by atoms with Crippen LogP contribution in [0.1, 0.15) is 23.2 Å². The first-order valence-electron chi connectivity index (χ1n) is 4.47. The average Bonchev–Trinajstić information content (AvgIpc) is 2.59. The Balaban J connectivity index is 2.82. The average molecular weight is 212 g/mol. The van der Waals surface area contributed by atoms with E-state index in [-0.39, 0.29) is 12.3 Å². The molecule has 0 aliphatic heterocycles. The van der Waals surface area contributed by atoms with E-state index < -0.39 is 11.9 Å². The molecule has 1 aromatic heterocycles. The van der Waals surface area contributed by atoms with Crippen LogP contribution in [0.25, 0.3) is 0 Å². The van der Waals surface area contributed by atoms with Crippen LogP contribution in [-0.4, -0.2) is 40.0 Å². The molecule has 1 amide bonds. The van der Waals surface area contributed by atoms with Gasteiger partial charge in [-0.1, -0.05) is 0 Å². The maximum absolute atomic E-state index is 11.7. The Morgan fingerprint density at radius 2 is 2.27 bits per heavy atom. The third-order valence-electron chi connectivity index (χ3n) is 1.93. The Hall–Kier alpha value is -1.85. The van der Waals surface area contributed by atoms with Crippen LogP contribution < -0.4 is 0 Å². The first-order chi connectivity index (χ1) is 7.06. The van der Waals surface area contributed by atoms with Gasteiger partial charge in [-0.3, -0.25) is 9.59 Å². The Morgan fingerprint density at radius 3 is 2.67 bits per heavy atom. The zero-order chi connectivity index (χ0) is 11.4. The number of rotatable bonds is 4. The van der Waals surface area contributed by atoms with E-state index in [2.05, 4.69) is 4.98 Å². The Bertz CT molecular complexity index is 372. The molecule has 15 heavy (non-hydrogen) atoms. The summed E-state index contributed by atoms with van der Waals surface area (Å²) in [6, 6.07) is 0. The summed E-state index contributed by atoms with van der Waals surface area (Å²) in [6.07, 6.45) is 1.16. The topological polar surface area (TPSA) is 83.6 Å². The SMILES string of the molecule is CCN(CC(=O)O)C(=O)c1ocnc1C. The summed E-state index contributed by atoms with van der Waals surface area (Å²) >= 11 is 0. The van der Waals surface area contributed by atoms with Crippen LogP contribution >= 0.6 is 0 Å². The lowest BCUT2D eigenvalue weighted by Gasteiger charge is -2.16. The molecule has 0 bridgehead atoms. The van der Waals surface area contributed by atoms with Crippen LogP contribution in [0.15, 0.2) is 10.8 Å². The highest BCUT2D eigenvalue weighted by Gasteiger charge is 2.21. The molecule has 1 N–H and O–H groups in total. The predicted octanol–water partition coefficient (Wildman–Crippen LogP) is 0.530. The number of carbonyl (C=O) groups excluding carboxylic acids is 1. The Labute approximate surface area is 86.5 Å². The number of carboxylic acid groups (broad SMARTS) is 1. The lowest BCUT2D eigenvalue weighted by molar-refractivity contribution is -0.137. The van der Waals surface area contributed by atoms with Crippen molar-refractivity contribution in [2.75, 3.05) is 13.1 Å². The molecule has 0 atom stereocenters. The van der Waals surface area contributed by atoms with Gasteiger partial charge >= 0.3 is 5.97 Å². The van der Waals surface area contributed by atoms with Gasteiger partial charge in [-0.25, -0.2) is 4.98 Å². The molecule has 0 aromatic carbocycles. The quantitative estimate of drug-likeness (QED) is 0.787. The van der Waals surface area contributed by atoms with Crippen molar-refractivity contribution >= 4 is 11.9 Å². The highest BCUT2D eigenvalue weighted by molar-refractivity contribution is 5.94. The van der Waals surface area contributed by atoms with Gasteiger partial charge in [0.1, 0.15) is 6.54 Å². The summed E-state index contributed by atoms with van der Waals surface area (Å²) in [7, 11) is 0. The number of nitrogens with zero attached hydrogens (tertiary/aromatic N) is 2. The molecule has 1 aromatic rings. The molecule has 0 radical (unpaired) electrons. The molecule has 82 valence electrons. The number of aromatic nitrogens is 1. The van der Waals surface area contributed by atoms with E-state index in [9.17, 15) is 9.59 Å². The maximum atomic E-state index is 11.7. The molecule has 0 aliphatic rings. The molecule has 0 saturated heterocycles. The number of hydrogen-bond acceptors (Lipinski definition) is 4. The Morgan fingerprint density at radius 1 is 1.60 bits per heavy atom. The minimum Gasteiger partial charge on any atom is -0.480 e. The van der Waals surface area contributed by atoms with Gasteiger partial charge in [0.25, 0.3) is 5.91 Å². The van der Waals surface area contributed by atoms with Crippen molar-refractivity contribution in [1.82, 2.24) is 9.88 Å². The number of hydrogen-bond donors (Lipinski definition) is 1. The molecule has 0 fully saturated rings. The van der Waals surface area contributed by atoms with E-state index in [0.717, 1.165) is 6.39 Å². The summed E-state index contributed by atoms with van der Waals surface area (Å²) in [4.78, 5) is 27.2. The standard InChI is InChI=1S/C9H12N2O4/c1-3-11(4-7(12)13)9(14)8-6(2)10-5-15-8/h5H,3-4H2,1-2H3,(H,12,13). The lowest BCUT2D eigenvalue weighted by Crippen LogP contribution is -2.35. The van der Waals surface area contributed by atoms with Crippen molar-refractivity contribution in [1.29, 1.82) is 0 Å². The van der Waals surface area contributed by atoms with Crippen LogP contribution in [0.2, 0.25) is 0 Å². The van der Waals surface area contributed by atoms with Crippen LogP contribution in [0.5, 0.6) is 0 Å². The third kappa shape index (κ3) is 2.55. The molecular formula is C9H12N2O4. The van der Waals surface area contributed by atoms with Gasteiger partial charge in [0.15, 0.2) is 6.39 Å². The van der Waals surface area contributed by atoms with Gasteiger partial charge in [0.05, 0.1) is 5.69 Å². The summed E-state index contributed by atoms with van der Waals surface area (Å²) in [5.74, 6) is -1.41. The number of aryl methyl sites for hydroxylation is 1. The minimum atomic E-state index is -1.05. The van der Waals surface area contributed by atoms with Crippen molar-refractivity contribution in [3.8, 4) is 0 Å². The molecule has 0 saturated carbocycles. The number of carboxylic acids is 1. The van der Waals surface area contributed by atoms with Gasteiger partial charge in [-0.15, -0.1) is 0 Å². The van der Waals surface area contributed by atoms with Crippen molar-refractivity contribution < 1.29 is 19.1 Å². The third-order valence-corrected chi connectivity index (χ3v) is 1.93. The second-order valence-electron chi connectivity index (χ2n) is 2.98. The molecule has 6 heteroatoms. The Kier molecular flexibility index (Phi) is 3.43. The van der Waals surface area contributed by atoms with E-state index in [1.165, 1.54) is 4.90 Å². The number of oxazole rings is 1. The number of carbonyl (C=O) groups is 2. The van der Waals surface area contributed by atoms with E-state index in [0.29, 0.717) is 12.2 Å². The van der Waals surface area contributed by atoms with E-state index in [1.807, 2.05) is 0 Å². The van der Waals surface area contributed by atoms with E-state index in [4.69, 9.17) is 9.52 Å². The van der Waals surface area contributed by atoms with Gasteiger partial charge in [0, 0.05) is 6.54 Å². The maximum Gasteiger partial charge on any atom is 0.323 e.